The monoisotopic (exact) mass is 1270 g/mol. The molecule has 496 valence electrons. The van der Waals surface area contributed by atoms with E-state index >= 15 is 0 Å². The van der Waals surface area contributed by atoms with E-state index in [4.69, 9.17) is 59.6 Å². The third-order valence-corrected chi connectivity index (χ3v) is 24.2. The van der Waals surface area contributed by atoms with Gasteiger partial charge in [0.15, 0.2) is 29.5 Å². The molecular weight excluding hydrogens is 1170 g/mol. The van der Waals surface area contributed by atoms with Crippen LogP contribution < -0.4 is 15.5 Å². The van der Waals surface area contributed by atoms with Crippen molar-refractivity contribution in [3.63, 3.8) is 0 Å². The van der Waals surface area contributed by atoms with Gasteiger partial charge >= 0.3 is 12.2 Å². The van der Waals surface area contributed by atoms with Crippen LogP contribution in [0.1, 0.15) is 202 Å². The van der Waals surface area contributed by atoms with Gasteiger partial charge in [0.05, 0.1) is 5.41 Å². The van der Waals surface area contributed by atoms with Crippen molar-refractivity contribution in [3.8, 4) is 0 Å². The predicted molar refractivity (Wildman–Crippen MR) is 348 cm³/mol. The smallest absolute Gasteiger partial charge is 0.409 e. The van der Waals surface area contributed by atoms with Crippen molar-refractivity contribution in [1.82, 2.24) is 10.6 Å². The maximum absolute atomic E-state index is 13.3. The number of carbonyl (C=O) groups excluding carboxylic acids is 2. The first-order valence-corrected chi connectivity index (χ1v) is 35.4. The molecule has 0 radical (unpaired) electrons. The van der Waals surface area contributed by atoms with Gasteiger partial charge in [0.25, 0.3) is 0 Å². The number of halogens is 1. The van der Waals surface area contributed by atoms with Crippen LogP contribution in [0.2, 0.25) is 0 Å². The lowest BCUT2D eigenvalue weighted by Crippen LogP contribution is -2.70. The Bertz CT molecular complexity index is 3210. The number of carbonyl (C=O) groups is 2. The number of ether oxygens (including phenoxy) is 6. The molecule has 10 heterocycles. The topological polar surface area (TPSA) is 157 Å². The first-order valence-electron chi connectivity index (χ1n) is 35.1. The Labute approximate surface area is 545 Å². The number of fused-ring (bicyclic) bond motifs is 6. The van der Waals surface area contributed by atoms with Crippen molar-refractivity contribution >= 4 is 40.9 Å². The normalized spacial score (nSPS) is 38.3. The third-order valence-electron chi connectivity index (χ3n) is 23.7. The van der Waals surface area contributed by atoms with Gasteiger partial charge in [-0.2, -0.15) is 4.58 Å². The fourth-order valence-electron chi connectivity index (χ4n) is 18.5. The Kier molecular flexibility index (Phi) is 18.5. The molecule has 2 amide bonds. The molecule has 4 unspecified atom stereocenters. The quantitative estimate of drug-likeness (QED) is 0.0779. The highest BCUT2D eigenvalue weighted by atomic mass is 35.5. The number of anilines is 1. The molecule has 10 fully saturated rings. The van der Waals surface area contributed by atoms with Crippen LogP contribution in [-0.2, 0) is 58.8 Å². The summed E-state index contributed by atoms with van der Waals surface area (Å²) in [6.07, 6.45) is 23.6. The molecule has 91 heavy (non-hydrogen) atoms. The van der Waals surface area contributed by atoms with E-state index in [1.54, 1.807) is 0 Å². The van der Waals surface area contributed by atoms with Gasteiger partial charge in [0, 0.05) is 102 Å². The van der Waals surface area contributed by atoms with E-state index < -0.39 is 60.1 Å². The predicted octanol–water partition coefficient (Wildman–Crippen LogP) is 15.9. The lowest BCUT2D eigenvalue weighted by molar-refractivity contribution is -0.576. The number of amides is 2. The zero-order chi connectivity index (χ0) is 63.7. The molecule has 10 aliphatic heterocycles. The minimum atomic E-state index is -0.882. The lowest BCUT2D eigenvalue weighted by atomic mass is 9.58. The van der Waals surface area contributed by atoms with Crippen molar-refractivity contribution in [2.75, 3.05) is 31.1 Å². The molecule has 2 aromatic rings. The van der Waals surface area contributed by atoms with E-state index in [1.165, 1.54) is 45.1 Å². The van der Waals surface area contributed by atoms with Gasteiger partial charge in [-0.15, -0.1) is 0 Å². The minimum Gasteiger partial charge on any atom is -0.419 e. The van der Waals surface area contributed by atoms with Gasteiger partial charge in [0.2, 0.25) is 29.8 Å². The van der Waals surface area contributed by atoms with Crippen LogP contribution >= 0.6 is 11.6 Å². The van der Waals surface area contributed by atoms with Crippen molar-refractivity contribution < 1.29 is 62.1 Å². The van der Waals surface area contributed by atoms with Crippen molar-refractivity contribution in [3.05, 3.63) is 106 Å². The number of para-hydroxylation sites is 2. The third kappa shape index (κ3) is 11.9. The van der Waals surface area contributed by atoms with Crippen molar-refractivity contribution in [1.29, 1.82) is 0 Å². The standard InChI is InChI=1S/C74H101ClN4O12/c1-46-30-34-54-48(3)63(82-65-73(54)52(46)38-40-71(9,86-65)88-90-73)84-67(80)76-42-19-11-13-21-44-78-58-28-17-15-26-56(58)69(5,6)60(78)36-32-50-24-23-25-51(62(50)75)33-37-61-70(7,8)57-27-16-18-29-59(57)79(61)45-22-14-12-20-43-77-68(81)85-64-49(4)55-35-31-47(2)53-39-41-72(10)87-66(83-64)74(53,55)91-89-72/h15-18,26-29,32-33,36-37,46-49,52-55,63-66H,11-14,19-25,30-31,34-35,38-45H2,1-10H3,(H-,76,77,80,81)/p+1/t46-,47-,48-,49-,52+,53+,54+,55+,63?,64?,65-,66-,71?,72?,73-,74-/m0/s1. The number of benzene rings is 2. The number of alkyl carbamates (subject to hydrolysis) is 2. The van der Waals surface area contributed by atoms with Crippen molar-refractivity contribution in [2.24, 2.45) is 47.3 Å². The number of unbranched alkanes of at least 4 members (excludes halogenated alkanes) is 6. The van der Waals surface area contributed by atoms with Crippen LogP contribution in [-0.4, -0.2) is 96.6 Å². The van der Waals surface area contributed by atoms with Crippen LogP contribution in [0.4, 0.5) is 21.0 Å². The fraction of sp³-hybridized carbons (Fsp3) is 0.689. The summed E-state index contributed by atoms with van der Waals surface area (Å²) in [5, 5.41) is 6.89. The van der Waals surface area contributed by atoms with Crippen molar-refractivity contribution in [2.45, 2.75) is 250 Å². The molecular formula is C74H102ClN4O12+. The average Bonchev–Trinajstić information content (AvgIpc) is 1.71. The van der Waals surface area contributed by atoms with Crippen LogP contribution in [0.15, 0.2) is 94.7 Å². The summed E-state index contributed by atoms with van der Waals surface area (Å²) in [4.78, 5) is 53.6. The lowest BCUT2D eigenvalue weighted by Gasteiger charge is -2.59. The molecule has 2 N–H and O–H groups in total. The van der Waals surface area contributed by atoms with E-state index in [9.17, 15) is 9.59 Å². The molecule has 2 spiro atoms. The first kappa shape index (κ1) is 65.1. The van der Waals surface area contributed by atoms with E-state index in [2.05, 4.69) is 148 Å². The largest absolute Gasteiger partial charge is 0.419 e. The molecule has 17 heteroatoms. The number of hydrogen-bond donors (Lipinski definition) is 2. The van der Waals surface area contributed by atoms with E-state index in [0.717, 1.165) is 140 Å². The molecule has 4 bridgehead atoms. The number of allylic oxidation sites excluding steroid dienone is 8. The second-order valence-electron chi connectivity index (χ2n) is 30.3. The van der Waals surface area contributed by atoms with E-state index in [0.29, 0.717) is 24.9 Å². The molecule has 8 saturated heterocycles. The molecule has 3 aliphatic carbocycles. The van der Waals surface area contributed by atoms with Gasteiger partial charge in [-0.05, 0) is 164 Å². The molecule has 2 aromatic carbocycles. The summed E-state index contributed by atoms with van der Waals surface area (Å²) >= 11 is 7.48. The molecule has 0 aromatic heterocycles. The summed E-state index contributed by atoms with van der Waals surface area (Å²) < 4.78 is 40.5. The SMILES string of the molecule is C[C@@H]1C(OC(=O)NCCCCCCN2/C(=C/C=C3\CCCC(/C=C/C4=[N+](CCCCCCNC(=O)OC5O[C@H]6OC7(C)CC[C@@H]8[C@@H](C)CC[C@H]([C@@H]5C)[C@]68OO7)c5ccccc5C4(C)C)=C3Cl)C(C)(C)c3ccccc32)O[C@H]2OC3(C)CC[C@@H]4[C@@H](C)CC[C@H]1[C@]24OO3. The summed E-state index contributed by atoms with van der Waals surface area (Å²) in [5.41, 5.74) is 8.31. The highest BCUT2D eigenvalue weighted by molar-refractivity contribution is 6.32. The Balaban J connectivity index is 0.593. The zero-order valence-corrected chi connectivity index (χ0v) is 56.5. The highest BCUT2D eigenvalue weighted by Gasteiger charge is 2.71. The maximum atomic E-state index is 13.3. The van der Waals surface area contributed by atoms with Gasteiger partial charge < -0.3 is 44.0 Å². The second kappa shape index (κ2) is 25.8. The number of nitrogens with one attached hydrogen (secondary N) is 2. The number of hydrogen-bond acceptors (Lipinski definition) is 13. The summed E-state index contributed by atoms with van der Waals surface area (Å²) in [5.74, 6) is -0.308. The van der Waals surface area contributed by atoms with Gasteiger partial charge in [-0.1, -0.05) is 121 Å². The molecule has 16 nitrogen and oxygen atoms in total. The van der Waals surface area contributed by atoms with Crippen LogP contribution in [0.3, 0.4) is 0 Å². The van der Waals surface area contributed by atoms with Crippen LogP contribution in [0.5, 0.6) is 0 Å². The summed E-state index contributed by atoms with van der Waals surface area (Å²) in [7, 11) is 0. The van der Waals surface area contributed by atoms with Crippen LogP contribution in [0, 0.1) is 47.3 Å². The Morgan fingerprint density at radius 3 is 1.77 bits per heavy atom. The van der Waals surface area contributed by atoms with E-state index in [1.807, 2.05) is 13.8 Å². The first-order chi connectivity index (χ1) is 43.7. The zero-order valence-electron chi connectivity index (χ0n) is 55.8. The maximum Gasteiger partial charge on any atom is 0.409 e. The molecule has 16 atom stereocenters. The highest BCUT2D eigenvalue weighted by Crippen LogP contribution is 2.63. The Morgan fingerprint density at radius 1 is 0.615 bits per heavy atom. The van der Waals surface area contributed by atoms with Gasteiger partial charge in [0.1, 0.15) is 6.54 Å². The average molecular weight is 1280 g/mol. The summed E-state index contributed by atoms with van der Waals surface area (Å²) in [6.45, 7) is 24.8. The molecule has 2 saturated carbocycles. The van der Waals surface area contributed by atoms with Crippen LogP contribution in [0.25, 0.3) is 0 Å². The summed E-state index contributed by atoms with van der Waals surface area (Å²) in [6, 6.07) is 17.6. The number of rotatable bonds is 19. The van der Waals surface area contributed by atoms with Gasteiger partial charge in [-0.3, -0.25) is 0 Å². The Morgan fingerprint density at radius 2 is 1.16 bits per heavy atom. The molecule has 15 rings (SSSR count). The fourth-order valence-corrected chi connectivity index (χ4v) is 18.8. The second-order valence-corrected chi connectivity index (χ2v) is 30.7. The minimum absolute atomic E-state index is 0.0760. The number of nitrogens with zero attached hydrogens (tertiary/aromatic N) is 2. The molecule has 13 aliphatic rings. The van der Waals surface area contributed by atoms with Gasteiger partial charge in [-0.25, -0.2) is 29.1 Å². The van der Waals surface area contributed by atoms with E-state index in [-0.39, 0.29) is 46.3 Å². The Hall–Kier alpha value is -4.62.